The summed E-state index contributed by atoms with van der Waals surface area (Å²) >= 11 is 1.51. The monoisotopic (exact) mass is 362 g/mol. The van der Waals surface area contributed by atoms with Crippen molar-refractivity contribution in [1.29, 1.82) is 0 Å². The van der Waals surface area contributed by atoms with Crippen molar-refractivity contribution in [1.82, 2.24) is 29.4 Å². The predicted molar refractivity (Wildman–Crippen MR) is 99.5 cm³/mol. The molecule has 5 rings (SSSR count). The lowest BCUT2D eigenvalue weighted by molar-refractivity contribution is 0.415. The molecule has 0 fully saturated rings. The molecule has 26 heavy (non-hydrogen) atoms. The highest BCUT2D eigenvalue weighted by Gasteiger charge is 2.14. The quantitative estimate of drug-likeness (QED) is 0.491. The van der Waals surface area contributed by atoms with Gasteiger partial charge in [0.15, 0.2) is 5.82 Å². The van der Waals surface area contributed by atoms with Gasteiger partial charge >= 0.3 is 0 Å². The summed E-state index contributed by atoms with van der Waals surface area (Å²) in [6, 6.07) is 15.9. The third-order valence-electron chi connectivity index (χ3n) is 4.23. The van der Waals surface area contributed by atoms with Crippen LogP contribution < -0.4 is 4.74 Å². The second kappa shape index (κ2) is 5.92. The van der Waals surface area contributed by atoms with Gasteiger partial charge in [-0.25, -0.2) is 4.98 Å². The zero-order chi connectivity index (χ0) is 17.5. The molecule has 8 heteroatoms. The van der Waals surface area contributed by atoms with E-state index >= 15 is 0 Å². The van der Waals surface area contributed by atoms with E-state index in [1.54, 1.807) is 11.6 Å². The fourth-order valence-electron chi connectivity index (χ4n) is 2.89. The van der Waals surface area contributed by atoms with Crippen molar-refractivity contribution >= 4 is 27.3 Å². The Morgan fingerprint density at radius 1 is 1.04 bits per heavy atom. The summed E-state index contributed by atoms with van der Waals surface area (Å²) in [6.45, 7) is 0.563. The first-order valence-corrected chi connectivity index (χ1v) is 8.89. The Hall–Kier alpha value is -3.26. The highest BCUT2D eigenvalue weighted by Crippen LogP contribution is 2.27. The number of rotatable bonds is 4. The zero-order valence-corrected chi connectivity index (χ0v) is 14.7. The van der Waals surface area contributed by atoms with Crippen molar-refractivity contribution in [2.75, 3.05) is 7.11 Å². The van der Waals surface area contributed by atoms with Crippen LogP contribution in [0.4, 0.5) is 0 Å². The molecule has 3 aromatic heterocycles. The van der Waals surface area contributed by atoms with Crippen LogP contribution in [0.2, 0.25) is 0 Å². The van der Waals surface area contributed by atoms with Gasteiger partial charge in [0.05, 0.1) is 31.0 Å². The third kappa shape index (κ3) is 2.42. The molecule has 5 aromatic rings. The molecule has 0 aliphatic rings. The highest BCUT2D eigenvalue weighted by molar-refractivity contribution is 7.19. The minimum absolute atomic E-state index is 0.563. The Bertz CT molecular complexity index is 1200. The van der Waals surface area contributed by atoms with Gasteiger partial charge in [-0.15, -0.1) is 10.2 Å². The molecule has 128 valence electrons. The number of nitrogens with zero attached hydrogens (tertiary/aromatic N) is 6. The molecular weight excluding hydrogens is 348 g/mol. The van der Waals surface area contributed by atoms with E-state index in [0.717, 1.165) is 38.1 Å². The maximum absolute atomic E-state index is 5.21. The van der Waals surface area contributed by atoms with Crippen LogP contribution in [0.25, 0.3) is 26.6 Å². The molecule has 0 unspecified atom stereocenters. The van der Waals surface area contributed by atoms with Gasteiger partial charge in [-0.2, -0.15) is 9.61 Å². The van der Waals surface area contributed by atoms with Crippen molar-refractivity contribution in [3.63, 3.8) is 0 Å². The zero-order valence-electron chi connectivity index (χ0n) is 13.9. The molecule has 7 nitrogen and oxygen atoms in total. The van der Waals surface area contributed by atoms with Gasteiger partial charge in [-0.05, 0) is 36.4 Å². The largest absolute Gasteiger partial charge is 0.497 e. The molecule has 0 N–H and O–H groups in total. The summed E-state index contributed by atoms with van der Waals surface area (Å²) in [7, 11) is 1.66. The second-order valence-corrected chi connectivity index (χ2v) is 6.76. The molecule has 0 aliphatic heterocycles. The van der Waals surface area contributed by atoms with Gasteiger partial charge in [0.1, 0.15) is 10.8 Å². The molecule has 0 radical (unpaired) electrons. The Morgan fingerprint density at radius 2 is 1.88 bits per heavy atom. The van der Waals surface area contributed by atoms with Gasteiger partial charge in [-0.3, -0.25) is 0 Å². The molecule has 0 saturated heterocycles. The SMILES string of the molecule is COc1ccc(-c2nn3c(Cn4cnc5ccccc54)nnc3s2)cc1. The number of ether oxygens (including phenoxy) is 1. The van der Waals surface area contributed by atoms with Gasteiger partial charge in [0.25, 0.3) is 0 Å². The first-order chi connectivity index (χ1) is 12.8. The van der Waals surface area contributed by atoms with Gasteiger partial charge in [0.2, 0.25) is 4.96 Å². The fourth-order valence-corrected chi connectivity index (χ4v) is 3.76. The minimum Gasteiger partial charge on any atom is -0.497 e. The summed E-state index contributed by atoms with van der Waals surface area (Å²) in [5.41, 5.74) is 3.06. The predicted octanol–water partition coefficient (Wildman–Crippen LogP) is 3.26. The van der Waals surface area contributed by atoms with Crippen LogP contribution in [0.15, 0.2) is 54.9 Å². The van der Waals surface area contributed by atoms with Crippen molar-refractivity contribution in [2.45, 2.75) is 6.54 Å². The van der Waals surface area contributed by atoms with Gasteiger partial charge < -0.3 is 9.30 Å². The lowest BCUT2D eigenvalue weighted by Crippen LogP contribution is -2.04. The van der Waals surface area contributed by atoms with E-state index in [2.05, 4.69) is 19.7 Å². The van der Waals surface area contributed by atoms with E-state index in [4.69, 9.17) is 9.84 Å². The van der Waals surface area contributed by atoms with E-state index in [9.17, 15) is 0 Å². The summed E-state index contributed by atoms with van der Waals surface area (Å²) in [5, 5.41) is 14.2. The summed E-state index contributed by atoms with van der Waals surface area (Å²) in [4.78, 5) is 5.20. The maximum atomic E-state index is 5.21. The smallest absolute Gasteiger partial charge is 0.235 e. The first kappa shape index (κ1) is 15.0. The van der Waals surface area contributed by atoms with Crippen molar-refractivity contribution in [3.05, 3.63) is 60.7 Å². The lowest BCUT2D eigenvalue weighted by Gasteiger charge is -2.01. The Morgan fingerprint density at radius 3 is 2.73 bits per heavy atom. The molecule has 3 heterocycles. The van der Waals surface area contributed by atoms with Gasteiger partial charge in [0, 0.05) is 5.56 Å². The van der Waals surface area contributed by atoms with E-state index in [1.165, 1.54) is 11.3 Å². The average Bonchev–Trinajstić information content (AvgIpc) is 3.38. The number of hydrogen-bond donors (Lipinski definition) is 0. The van der Waals surface area contributed by atoms with Crippen LogP contribution in [0.5, 0.6) is 5.75 Å². The lowest BCUT2D eigenvalue weighted by atomic mass is 10.2. The van der Waals surface area contributed by atoms with Crippen LogP contribution in [0.1, 0.15) is 5.82 Å². The van der Waals surface area contributed by atoms with Crippen molar-refractivity contribution in [3.8, 4) is 16.3 Å². The molecular formula is C18H14N6OS. The number of methoxy groups -OCH3 is 1. The topological polar surface area (TPSA) is 70.1 Å². The van der Waals surface area contributed by atoms with E-state index in [-0.39, 0.29) is 0 Å². The maximum Gasteiger partial charge on any atom is 0.235 e. The molecule has 0 amide bonds. The van der Waals surface area contributed by atoms with Crippen LogP contribution >= 0.6 is 11.3 Å². The fraction of sp³-hybridized carbons (Fsp3) is 0.111. The Balaban J connectivity index is 1.52. The molecule has 2 aromatic carbocycles. The summed E-state index contributed by atoms with van der Waals surface area (Å²) in [5.74, 6) is 1.60. The molecule has 0 atom stereocenters. The molecule has 0 spiro atoms. The van der Waals surface area contributed by atoms with E-state index in [1.807, 2.05) is 54.9 Å². The molecule has 0 aliphatic carbocycles. The standard InChI is InChI=1S/C18H14N6OS/c1-25-13-8-6-12(7-9-13)17-22-24-16(20-21-18(24)26-17)10-23-11-19-14-4-2-3-5-15(14)23/h2-9,11H,10H2,1H3. The normalized spacial score (nSPS) is 11.4. The molecule has 0 saturated carbocycles. The summed E-state index contributed by atoms with van der Waals surface area (Å²) in [6.07, 6.45) is 1.82. The van der Waals surface area contributed by atoms with E-state index < -0.39 is 0 Å². The van der Waals surface area contributed by atoms with Crippen LogP contribution in [0, 0.1) is 0 Å². The summed E-state index contributed by atoms with van der Waals surface area (Å²) < 4.78 is 9.07. The first-order valence-electron chi connectivity index (χ1n) is 8.07. The number of fused-ring (bicyclic) bond motifs is 2. The van der Waals surface area contributed by atoms with E-state index in [0.29, 0.717) is 6.54 Å². The number of imidazole rings is 1. The second-order valence-electron chi connectivity index (χ2n) is 5.81. The average molecular weight is 362 g/mol. The highest BCUT2D eigenvalue weighted by atomic mass is 32.1. The number of para-hydroxylation sites is 2. The van der Waals surface area contributed by atoms with Crippen LogP contribution in [-0.4, -0.2) is 36.5 Å². The Kier molecular flexibility index (Phi) is 3.42. The van der Waals surface area contributed by atoms with Crippen molar-refractivity contribution in [2.24, 2.45) is 0 Å². The van der Waals surface area contributed by atoms with Gasteiger partial charge in [-0.1, -0.05) is 23.5 Å². The Labute approximate surface area is 152 Å². The van der Waals surface area contributed by atoms with Crippen LogP contribution in [-0.2, 0) is 6.54 Å². The number of hydrogen-bond acceptors (Lipinski definition) is 6. The number of aromatic nitrogens is 6. The third-order valence-corrected chi connectivity index (χ3v) is 5.18. The van der Waals surface area contributed by atoms with Crippen LogP contribution in [0.3, 0.4) is 0 Å². The number of benzene rings is 2. The minimum atomic E-state index is 0.563. The van der Waals surface area contributed by atoms with Crippen molar-refractivity contribution < 1.29 is 4.74 Å². The molecule has 0 bridgehead atoms.